The van der Waals surface area contributed by atoms with E-state index in [1.807, 2.05) is 0 Å². The van der Waals surface area contributed by atoms with E-state index in [0.717, 1.165) is 12.1 Å². The first-order valence-electron chi connectivity index (χ1n) is 7.82. The van der Waals surface area contributed by atoms with E-state index in [-0.39, 0.29) is 6.42 Å². The predicted octanol–water partition coefficient (Wildman–Crippen LogP) is 4.12. The molecule has 0 radical (unpaired) electrons. The van der Waals surface area contributed by atoms with Crippen molar-refractivity contribution in [2.45, 2.75) is 13.3 Å². The van der Waals surface area contributed by atoms with Crippen LogP contribution in [0.1, 0.15) is 11.5 Å². The van der Waals surface area contributed by atoms with Crippen LogP contribution in [0.3, 0.4) is 0 Å². The molecule has 0 spiro atoms. The van der Waals surface area contributed by atoms with Crippen molar-refractivity contribution in [3.05, 3.63) is 65.6 Å². The van der Waals surface area contributed by atoms with Gasteiger partial charge in [0.1, 0.15) is 28.8 Å². The molecule has 5 nitrogen and oxygen atoms in total. The van der Waals surface area contributed by atoms with Crippen LogP contribution in [0.15, 0.2) is 46.9 Å². The van der Waals surface area contributed by atoms with E-state index in [0.29, 0.717) is 28.7 Å². The van der Waals surface area contributed by atoms with Gasteiger partial charge in [0.2, 0.25) is 11.8 Å². The molecule has 2 aromatic carbocycles. The molecule has 0 aliphatic heterocycles. The average molecular weight is 358 g/mol. The number of nitrogens with one attached hydrogen (secondary N) is 1. The summed E-state index contributed by atoms with van der Waals surface area (Å²) < 4.78 is 38.0. The van der Waals surface area contributed by atoms with Gasteiger partial charge in [-0.15, -0.1) is 0 Å². The average Bonchev–Trinajstić information content (AvgIpc) is 2.99. The van der Waals surface area contributed by atoms with E-state index in [4.69, 9.17) is 9.15 Å². The lowest BCUT2D eigenvalue weighted by molar-refractivity contribution is -0.115. The van der Waals surface area contributed by atoms with Crippen LogP contribution < -0.4 is 10.1 Å². The molecule has 7 heteroatoms. The van der Waals surface area contributed by atoms with Gasteiger partial charge in [-0.1, -0.05) is 12.1 Å². The van der Waals surface area contributed by atoms with Crippen LogP contribution >= 0.6 is 0 Å². The zero-order valence-corrected chi connectivity index (χ0v) is 14.2. The fourth-order valence-corrected chi connectivity index (χ4v) is 2.42. The number of amides is 1. The fraction of sp³-hybridized carbons (Fsp3) is 0.158. The second-order valence-corrected chi connectivity index (χ2v) is 5.58. The molecule has 1 heterocycles. The minimum atomic E-state index is -0.840. The van der Waals surface area contributed by atoms with Gasteiger partial charge in [-0.25, -0.2) is 13.8 Å². The number of carbonyl (C=O) groups is 1. The number of halogens is 2. The van der Waals surface area contributed by atoms with E-state index in [1.54, 1.807) is 38.3 Å². The Morgan fingerprint density at radius 2 is 1.88 bits per heavy atom. The largest absolute Gasteiger partial charge is 0.497 e. The van der Waals surface area contributed by atoms with Crippen LogP contribution in [-0.2, 0) is 11.2 Å². The Kier molecular flexibility index (Phi) is 4.97. The first-order chi connectivity index (χ1) is 12.5. The monoisotopic (exact) mass is 358 g/mol. The second kappa shape index (κ2) is 7.35. The van der Waals surface area contributed by atoms with Crippen LogP contribution in [0.4, 0.5) is 14.5 Å². The highest BCUT2D eigenvalue weighted by atomic mass is 19.1. The maximum atomic E-state index is 13.6. The van der Waals surface area contributed by atoms with Crippen molar-refractivity contribution in [1.82, 2.24) is 4.98 Å². The molecule has 1 N–H and O–H groups in total. The Balaban J connectivity index is 1.78. The summed E-state index contributed by atoms with van der Waals surface area (Å²) in [5.74, 6) is -0.844. The first-order valence-corrected chi connectivity index (χ1v) is 7.82. The topological polar surface area (TPSA) is 64.4 Å². The summed E-state index contributed by atoms with van der Waals surface area (Å²) in [6.45, 7) is 1.67. The number of oxazole rings is 1. The standard InChI is InChI=1S/C19H16F2N2O3/c1-11-16(10-17(24)23-18-14(20)7-4-8-15(18)21)22-19(26-11)12-5-3-6-13(9-12)25-2/h3-9H,10H2,1-2H3,(H,23,24). The molecule has 1 amide bonds. The third-order valence-corrected chi connectivity index (χ3v) is 3.76. The minimum Gasteiger partial charge on any atom is -0.497 e. The third kappa shape index (κ3) is 3.72. The summed E-state index contributed by atoms with van der Waals surface area (Å²) in [6.07, 6.45) is -0.174. The lowest BCUT2D eigenvalue weighted by atomic mass is 10.2. The van der Waals surface area contributed by atoms with Crippen molar-refractivity contribution in [2.75, 3.05) is 12.4 Å². The highest BCUT2D eigenvalue weighted by molar-refractivity contribution is 5.92. The van der Waals surface area contributed by atoms with E-state index < -0.39 is 23.2 Å². The number of benzene rings is 2. The number of methoxy groups -OCH3 is 1. The molecule has 134 valence electrons. The molecule has 0 aliphatic carbocycles. The van der Waals surface area contributed by atoms with E-state index >= 15 is 0 Å². The van der Waals surface area contributed by atoms with Gasteiger partial charge in [-0.3, -0.25) is 4.79 Å². The van der Waals surface area contributed by atoms with Crippen molar-refractivity contribution in [3.63, 3.8) is 0 Å². The fourth-order valence-electron chi connectivity index (χ4n) is 2.42. The zero-order chi connectivity index (χ0) is 18.7. The van der Waals surface area contributed by atoms with Gasteiger partial charge >= 0.3 is 0 Å². The smallest absolute Gasteiger partial charge is 0.230 e. The van der Waals surface area contributed by atoms with Gasteiger partial charge < -0.3 is 14.5 Å². The molecule has 0 fully saturated rings. The molecular weight excluding hydrogens is 342 g/mol. The van der Waals surface area contributed by atoms with Gasteiger partial charge in [-0.2, -0.15) is 0 Å². The Bertz CT molecular complexity index is 933. The summed E-state index contributed by atoms with van der Waals surface area (Å²) in [6, 6.07) is 10.5. The summed E-state index contributed by atoms with van der Waals surface area (Å²) in [4.78, 5) is 16.4. The second-order valence-electron chi connectivity index (χ2n) is 5.58. The normalized spacial score (nSPS) is 10.6. The van der Waals surface area contributed by atoms with E-state index in [2.05, 4.69) is 10.3 Å². The first kappa shape index (κ1) is 17.6. The number of anilines is 1. The van der Waals surface area contributed by atoms with Gasteiger partial charge in [0, 0.05) is 5.56 Å². The van der Waals surface area contributed by atoms with Crippen LogP contribution in [0.2, 0.25) is 0 Å². The number of hydrogen-bond acceptors (Lipinski definition) is 4. The number of hydrogen-bond donors (Lipinski definition) is 1. The van der Waals surface area contributed by atoms with Crippen molar-refractivity contribution < 1.29 is 22.7 Å². The number of para-hydroxylation sites is 1. The molecule has 0 saturated heterocycles. The Morgan fingerprint density at radius 3 is 2.58 bits per heavy atom. The number of aryl methyl sites for hydroxylation is 1. The van der Waals surface area contributed by atoms with E-state index in [1.165, 1.54) is 6.07 Å². The third-order valence-electron chi connectivity index (χ3n) is 3.76. The lowest BCUT2D eigenvalue weighted by Crippen LogP contribution is -2.17. The van der Waals surface area contributed by atoms with Gasteiger partial charge in [0.25, 0.3) is 0 Å². The number of ether oxygens (including phenoxy) is 1. The number of carbonyl (C=O) groups excluding carboxylic acids is 1. The maximum Gasteiger partial charge on any atom is 0.230 e. The molecule has 1 aromatic heterocycles. The van der Waals surface area contributed by atoms with E-state index in [9.17, 15) is 13.6 Å². The molecule has 0 aliphatic rings. The lowest BCUT2D eigenvalue weighted by Gasteiger charge is -2.06. The molecular formula is C19H16F2N2O3. The zero-order valence-electron chi connectivity index (χ0n) is 14.2. The van der Waals surface area contributed by atoms with Crippen LogP contribution in [0.25, 0.3) is 11.5 Å². The molecule has 0 atom stereocenters. The minimum absolute atomic E-state index is 0.174. The summed E-state index contributed by atoms with van der Waals surface area (Å²) in [7, 11) is 1.55. The molecule has 26 heavy (non-hydrogen) atoms. The van der Waals surface area contributed by atoms with Crippen LogP contribution in [0, 0.1) is 18.6 Å². The number of rotatable bonds is 5. The molecule has 0 unspecified atom stereocenters. The van der Waals surface area contributed by atoms with Crippen LogP contribution in [-0.4, -0.2) is 18.0 Å². The maximum absolute atomic E-state index is 13.6. The van der Waals surface area contributed by atoms with Gasteiger partial charge in [0.15, 0.2) is 0 Å². The molecule has 0 saturated carbocycles. The van der Waals surface area contributed by atoms with Crippen molar-refractivity contribution >= 4 is 11.6 Å². The Labute approximate surface area is 148 Å². The summed E-state index contributed by atoms with van der Waals surface area (Å²) in [5.41, 5.74) is 0.600. The molecule has 3 aromatic rings. The quantitative estimate of drug-likeness (QED) is 0.745. The van der Waals surface area contributed by atoms with Gasteiger partial charge in [0.05, 0.1) is 19.2 Å². The molecule has 3 rings (SSSR count). The Hall–Kier alpha value is -3.22. The molecule has 0 bridgehead atoms. The van der Waals surface area contributed by atoms with Crippen molar-refractivity contribution in [2.24, 2.45) is 0 Å². The Morgan fingerprint density at radius 1 is 1.19 bits per heavy atom. The van der Waals surface area contributed by atoms with Gasteiger partial charge in [-0.05, 0) is 37.3 Å². The SMILES string of the molecule is COc1cccc(-c2nc(CC(=O)Nc3c(F)cccc3F)c(C)o2)c1. The van der Waals surface area contributed by atoms with Crippen molar-refractivity contribution in [3.8, 4) is 17.2 Å². The highest BCUT2D eigenvalue weighted by Crippen LogP contribution is 2.26. The highest BCUT2D eigenvalue weighted by Gasteiger charge is 2.17. The van der Waals surface area contributed by atoms with Crippen LogP contribution in [0.5, 0.6) is 5.75 Å². The summed E-state index contributed by atoms with van der Waals surface area (Å²) >= 11 is 0. The number of aromatic nitrogens is 1. The van der Waals surface area contributed by atoms with Crippen molar-refractivity contribution in [1.29, 1.82) is 0 Å². The predicted molar refractivity (Wildman–Crippen MR) is 91.9 cm³/mol. The summed E-state index contributed by atoms with van der Waals surface area (Å²) in [5, 5.41) is 2.23. The number of nitrogens with zero attached hydrogens (tertiary/aromatic N) is 1.